The molecule has 1 N–H and O–H groups in total. The van der Waals surface area contributed by atoms with Crippen molar-refractivity contribution >= 4 is 11.4 Å². The van der Waals surface area contributed by atoms with Crippen molar-refractivity contribution in [3.63, 3.8) is 0 Å². The molecule has 2 unspecified atom stereocenters. The standard InChI is InChI=1S/C35H40F2N8O4/c1-3-25(2)45-35(47)43(24-40-45)30-7-5-28(6-8-30)41-16-18-42(19-17-41)29-9-11-31(12-10-29)48-23-34(46)49-22-26(21-44-38-14-15-39-44)32-13-4-27(36)20-33(32)37/h4-15,20,24-26,34,46H,3,16-19,21-23H2,1-2H3/t25?,26?,34-/m1/s1. The molecule has 0 radical (unpaired) electrons. The van der Waals surface area contributed by atoms with Gasteiger partial charge in [0.25, 0.3) is 0 Å². The van der Waals surface area contributed by atoms with Crippen LogP contribution in [0.1, 0.15) is 37.8 Å². The molecule has 12 nitrogen and oxygen atoms in total. The van der Waals surface area contributed by atoms with Crippen molar-refractivity contribution in [3.8, 4) is 11.4 Å². The molecular weight excluding hydrogens is 634 g/mol. The zero-order chi connectivity index (χ0) is 34.3. The van der Waals surface area contributed by atoms with Crippen LogP contribution in [0.2, 0.25) is 0 Å². The van der Waals surface area contributed by atoms with E-state index in [4.69, 9.17) is 9.47 Å². The molecule has 2 aromatic heterocycles. The number of nitrogens with zero attached hydrogens (tertiary/aromatic N) is 8. The Bertz CT molecular complexity index is 1840. The normalized spacial score (nSPS) is 15.3. The van der Waals surface area contributed by atoms with Gasteiger partial charge in [-0.15, -0.1) is 0 Å². The maximum atomic E-state index is 14.5. The van der Waals surface area contributed by atoms with Gasteiger partial charge in [0.1, 0.15) is 30.3 Å². The molecule has 258 valence electrons. The van der Waals surface area contributed by atoms with Crippen LogP contribution in [-0.4, -0.2) is 80.1 Å². The van der Waals surface area contributed by atoms with Crippen molar-refractivity contribution in [2.24, 2.45) is 0 Å². The number of ether oxygens (including phenoxy) is 2. The van der Waals surface area contributed by atoms with Gasteiger partial charge in [-0.1, -0.05) is 13.0 Å². The van der Waals surface area contributed by atoms with Crippen LogP contribution in [0.5, 0.6) is 5.75 Å². The lowest BCUT2D eigenvalue weighted by atomic mass is 9.99. The Labute approximate surface area is 282 Å². The minimum absolute atomic E-state index is 0.0477. The van der Waals surface area contributed by atoms with Crippen LogP contribution in [0.4, 0.5) is 20.2 Å². The van der Waals surface area contributed by atoms with Crippen LogP contribution in [0.25, 0.3) is 5.69 Å². The summed E-state index contributed by atoms with van der Waals surface area (Å²) in [6.07, 6.45) is 4.14. The molecule has 3 heterocycles. The minimum Gasteiger partial charge on any atom is -0.488 e. The van der Waals surface area contributed by atoms with E-state index in [9.17, 15) is 18.7 Å². The summed E-state index contributed by atoms with van der Waals surface area (Å²) < 4.78 is 42.5. The van der Waals surface area contributed by atoms with Gasteiger partial charge in [-0.05, 0) is 73.5 Å². The lowest BCUT2D eigenvalue weighted by Gasteiger charge is -2.37. The molecule has 1 aliphatic heterocycles. The van der Waals surface area contributed by atoms with E-state index in [0.717, 1.165) is 55.7 Å². The van der Waals surface area contributed by atoms with Crippen molar-refractivity contribution in [3.05, 3.63) is 113 Å². The zero-order valence-corrected chi connectivity index (χ0v) is 27.5. The van der Waals surface area contributed by atoms with E-state index in [1.54, 1.807) is 10.9 Å². The van der Waals surface area contributed by atoms with Gasteiger partial charge in [-0.2, -0.15) is 20.1 Å². The summed E-state index contributed by atoms with van der Waals surface area (Å²) in [5.41, 5.74) is 3.05. The molecule has 3 aromatic carbocycles. The third kappa shape index (κ3) is 8.15. The van der Waals surface area contributed by atoms with E-state index in [2.05, 4.69) is 25.1 Å². The first-order valence-electron chi connectivity index (χ1n) is 16.4. The van der Waals surface area contributed by atoms with Gasteiger partial charge in [0.05, 0.1) is 37.3 Å². The Morgan fingerprint density at radius 2 is 1.45 bits per heavy atom. The van der Waals surface area contributed by atoms with Crippen LogP contribution in [-0.2, 0) is 11.3 Å². The SMILES string of the molecule is CCC(C)n1ncn(-c2ccc(N3CCN(c4ccc(OC[C@H](O)OCC(Cn5nccn5)c5ccc(F)cc5F)cc4)CC3)cc2)c1=O. The average molecular weight is 675 g/mol. The highest BCUT2D eigenvalue weighted by Gasteiger charge is 2.21. The fraction of sp³-hybridized carbons (Fsp3) is 0.371. The van der Waals surface area contributed by atoms with Gasteiger partial charge < -0.3 is 24.4 Å². The number of hydrogen-bond donors (Lipinski definition) is 1. The Morgan fingerprint density at radius 1 is 0.837 bits per heavy atom. The molecule has 1 fully saturated rings. The quantitative estimate of drug-likeness (QED) is 0.171. The number of rotatable bonds is 14. The third-order valence-electron chi connectivity index (χ3n) is 8.81. The molecule has 0 amide bonds. The molecule has 5 aromatic rings. The highest BCUT2D eigenvalue weighted by molar-refractivity contribution is 5.54. The molecule has 49 heavy (non-hydrogen) atoms. The summed E-state index contributed by atoms with van der Waals surface area (Å²) >= 11 is 0. The lowest BCUT2D eigenvalue weighted by Crippen LogP contribution is -2.46. The summed E-state index contributed by atoms with van der Waals surface area (Å²) in [6, 6.07) is 19.1. The molecular formula is C35H40F2N8O4. The van der Waals surface area contributed by atoms with Gasteiger partial charge in [0.2, 0.25) is 0 Å². The first kappa shape index (κ1) is 33.8. The van der Waals surface area contributed by atoms with Crippen LogP contribution in [0.15, 0.2) is 90.2 Å². The van der Waals surface area contributed by atoms with Crippen molar-refractivity contribution < 1.29 is 23.4 Å². The molecule has 0 bridgehead atoms. The molecule has 1 aliphatic rings. The Morgan fingerprint density at radius 3 is 2.06 bits per heavy atom. The van der Waals surface area contributed by atoms with Gasteiger partial charge >= 0.3 is 5.69 Å². The number of hydrogen-bond acceptors (Lipinski definition) is 9. The molecule has 0 aliphatic carbocycles. The molecule has 0 saturated carbocycles. The largest absolute Gasteiger partial charge is 0.488 e. The summed E-state index contributed by atoms with van der Waals surface area (Å²) in [6.45, 7) is 7.34. The van der Waals surface area contributed by atoms with E-state index in [1.807, 2.05) is 62.4 Å². The second kappa shape index (κ2) is 15.4. The first-order valence-corrected chi connectivity index (χ1v) is 16.4. The highest BCUT2D eigenvalue weighted by Crippen LogP contribution is 2.25. The van der Waals surface area contributed by atoms with Crippen LogP contribution in [0, 0.1) is 11.6 Å². The molecule has 14 heteroatoms. The van der Waals surface area contributed by atoms with Crippen molar-refractivity contribution in [2.75, 3.05) is 49.2 Å². The van der Waals surface area contributed by atoms with E-state index < -0.39 is 23.8 Å². The van der Waals surface area contributed by atoms with E-state index >= 15 is 0 Å². The van der Waals surface area contributed by atoms with Gasteiger partial charge in [0.15, 0.2) is 6.29 Å². The predicted molar refractivity (Wildman–Crippen MR) is 180 cm³/mol. The zero-order valence-electron chi connectivity index (χ0n) is 27.5. The maximum absolute atomic E-state index is 14.5. The van der Waals surface area contributed by atoms with E-state index in [-0.39, 0.29) is 37.1 Å². The summed E-state index contributed by atoms with van der Waals surface area (Å²) in [7, 11) is 0. The predicted octanol–water partition coefficient (Wildman–Crippen LogP) is 4.40. The number of anilines is 2. The van der Waals surface area contributed by atoms with Crippen molar-refractivity contribution in [1.29, 1.82) is 0 Å². The molecule has 1 saturated heterocycles. The maximum Gasteiger partial charge on any atom is 0.350 e. The monoisotopic (exact) mass is 674 g/mol. The molecule has 6 rings (SSSR count). The Balaban J connectivity index is 0.971. The van der Waals surface area contributed by atoms with Crippen molar-refractivity contribution in [1.82, 2.24) is 29.3 Å². The minimum atomic E-state index is -1.28. The third-order valence-corrected chi connectivity index (χ3v) is 8.81. The fourth-order valence-corrected chi connectivity index (χ4v) is 5.82. The molecule has 0 spiro atoms. The van der Waals surface area contributed by atoms with Gasteiger partial charge in [0, 0.05) is 49.5 Å². The summed E-state index contributed by atoms with van der Waals surface area (Å²) in [5.74, 6) is -1.38. The number of piperazine rings is 1. The number of benzene rings is 3. The Kier molecular flexibility index (Phi) is 10.6. The smallest absolute Gasteiger partial charge is 0.350 e. The lowest BCUT2D eigenvalue weighted by molar-refractivity contribution is -0.124. The van der Waals surface area contributed by atoms with E-state index in [1.165, 1.54) is 34.0 Å². The van der Waals surface area contributed by atoms with E-state index in [0.29, 0.717) is 5.75 Å². The fourth-order valence-electron chi connectivity index (χ4n) is 5.82. The number of aliphatic hydroxyl groups excluding tert-OH is 1. The van der Waals surface area contributed by atoms with Crippen LogP contribution < -0.4 is 20.2 Å². The highest BCUT2D eigenvalue weighted by atomic mass is 19.1. The first-order chi connectivity index (χ1) is 23.8. The summed E-state index contributed by atoms with van der Waals surface area (Å²) in [5, 5.41) is 22.9. The number of aliphatic hydroxyl groups is 1. The number of halogens is 2. The topological polar surface area (TPSA) is 116 Å². The number of aromatic nitrogens is 6. The summed E-state index contributed by atoms with van der Waals surface area (Å²) in [4.78, 5) is 18.8. The van der Waals surface area contributed by atoms with Crippen LogP contribution >= 0.6 is 0 Å². The second-order valence-electron chi connectivity index (χ2n) is 12.0. The second-order valence-corrected chi connectivity index (χ2v) is 12.0. The van der Waals surface area contributed by atoms with Gasteiger partial charge in [-0.25, -0.2) is 22.8 Å². The molecule has 3 atom stereocenters. The van der Waals surface area contributed by atoms with Crippen LogP contribution in [0.3, 0.4) is 0 Å². The Hall–Kier alpha value is -5.08. The van der Waals surface area contributed by atoms with Crippen molar-refractivity contribution in [2.45, 2.75) is 45.1 Å². The van der Waals surface area contributed by atoms with Gasteiger partial charge in [-0.3, -0.25) is 0 Å². The average Bonchev–Trinajstić information content (AvgIpc) is 3.79.